The molecule has 0 bridgehead atoms. The largest absolute Gasteiger partial charge is 0.507 e. The fourth-order valence-electron chi connectivity index (χ4n) is 6.61. The number of thiocarbonyl (C=S) groups is 1. The minimum atomic E-state index is -0.536. The van der Waals surface area contributed by atoms with Crippen molar-refractivity contribution < 1.29 is 9.84 Å². The molecule has 1 unspecified atom stereocenters. The lowest BCUT2D eigenvalue weighted by molar-refractivity contribution is 0.119. The summed E-state index contributed by atoms with van der Waals surface area (Å²) in [6.07, 6.45) is 6.57. The van der Waals surface area contributed by atoms with Crippen molar-refractivity contribution in [1.29, 1.82) is 0 Å². The van der Waals surface area contributed by atoms with Crippen LogP contribution in [0.25, 0.3) is 0 Å². The predicted octanol–water partition coefficient (Wildman–Crippen LogP) is 4.54. The van der Waals surface area contributed by atoms with Gasteiger partial charge in [0.15, 0.2) is 5.60 Å². The number of nitrogens with zero attached hydrogens (tertiary/aromatic N) is 6. The van der Waals surface area contributed by atoms with Crippen LogP contribution in [-0.4, -0.2) is 82.9 Å². The van der Waals surface area contributed by atoms with E-state index in [0.29, 0.717) is 5.75 Å². The zero-order valence-corrected chi connectivity index (χ0v) is 24.7. The van der Waals surface area contributed by atoms with E-state index >= 15 is 0 Å². The molecule has 0 saturated carbocycles. The third-order valence-electron chi connectivity index (χ3n) is 9.37. The van der Waals surface area contributed by atoms with Crippen LogP contribution in [0.2, 0.25) is 0 Å². The first kappa shape index (κ1) is 26.4. The molecule has 1 N–H and O–H groups in total. The van der Waals surface area contributed by atoms with E-state index in [9.17, 15) is 5.11 Å². The zero-order chi connectivity index (χ0) is 27.3. The molecule has 1 aromatic heterocycles. The lowest BCUT2D eigenvalue weighted by Crippen LogP contribution is -2.57. The van der Waals surface area contributed by atoms with Crippen molar-refractivity contribution in [2.24, 2.45) is 0 Å². The molecule has 5 heterocycles. The van der Waals surface area contributed by atoms with Gasteiger partial charge in [-0.3, -0.25) is 0 Å². The standard InChI is InChI=1S/C30H42N6O2S/c1-20-21(2)27-23(22(3)26(20)37)9-10-30(4,38-27)28(39)35-17-15-34(16-18-35)25-19-24(33-11-5-6-12-33)31-29(32-25)36-13-7-8-14-36/h19,37H,5-18H2,1-4H3. The van der Waals surface area contributed by atoms with Crippen molar-refractivity contribution in [2.45, 2.75) is 71.8 Å². The van der Waals surface area contributed by atoms with Crippen molar-refractivity contribution in [3.05, 3.63) is 28.3 Å². The van der Waals surface area contributed by atoms with Crippen molar-refractivity contribution in [2.75, 3.05) is 67.1 Å². The lowest BCUT2D eigenvalue weighted by Gasteiger charge is -2.44. The quantitative estimate of drug-likeness (QED) is 0.553. The summed E-state index contributed by atoms with van der Waals surface area (Å²) in [6, 6.07) is 2.20. The Labute approximate surface area is 238 Å². The van der Waals surface area contributed by atoms with Gasteiger partial charge in [-0.2, -0.15) is 9.97 Å². The Morgan fingerprint density at radius 1 is 0.821 bits per heavy atom. The number of piperazine rings is 1. The first-order chi connectivity index (χ1) is 18.7. The van der Waals surface area contributed by atoms with Crippen molar-refractivity contribution in [1.82, 2.24) is 14.9 Å². The number of benzene rings is 1. The van der Waals surface area contributed by atoms with Gasteiger partial charge in [0.05, 0.1) is 0 Å². The van der Waals surface area contributed by atoms with Crippen LogP contribution in [0.4, 0.5) is 17.6 Å². The number of rotatable bonds is 4. The van der Waals surface area contributed by atoms with E-state index < -0.39 is 5.60 Å². The first-order valence-electron chi connectivity index (χ1n) is 14.7. The average Bonchev–Trinajstić information content (AvgIpc) is 3.70. The Kier molecular flexibility index (Phi) is 6.98. The summed E-state index contributed by atoms with van der Waals surface area (Å²) in [5, 5.41) is 10.6. The topological polar surface area (TPSA) is 68.2 Å². The van der Waals surface area contributed by atoms with Crippen LogP contribution in [0.1, 0.15) is 61.3 Å². The average molecular weight is 551 g/mol. The van der Waals surface area contributed by atoms with E-state index in [2.05, 4.69) is 32.6 Å². The SMILES string of the molecule is Cc1c(C)c2c(c(C)c1O)CCC(C)(C(=S)N1CCN(c3cc(N4CCCC4)nc(N4CCCC4)n3)CC1)O2. The van der Waals surface area contributed by atoms with Crippen molar-refractivity contribution in [3.63, 3.8) is 0 Å². The Balaban J connectivity index is 1.17. The second-order valence-electron chi connectivity index (χ2n) is 11.9. The highest BCUT2D eigenvalue weighted by molar-refractivity contribution is 7.80. The minimum Gasteiger partial charge on any atom is -0.507 e. The van der Waals surface area contributed by atoms with E-state index in [-0.39, 0.29) is 0 Å². The predicted molar refractivity (Wildman–Crippen MR) is 161 cm³/mol. The van der Waals surface area contributed by atoms with Gasteiger partial charge >= 0.3 is 0 Å². The fourth-order valence-corrected chi connectivity index (χ4v) is 6.94. The molecular formula is C30H42N6O2S. The number of aromatic nitrogens is 2. The Bertz CT molecular complexity index is 1230. The molecule has 9 heteroatoms. The second kappa shape index (κ2) is 10.3. The van der Waals surface area contributed by atoms with Crippen LogP contribution in [0.3, 0.4) is 0 Å². The molecule has 1 aromatic carbocycles. The van der Waals surface area contributed by atoms with E-state index in [1.807, 2.05) is 20.8 Å². The molecule has 3 fully saturated rings. The van der Waals surface area contributed by atoms with Crippen LogP contribution < -0.4 is 19.4 Å². The fraction of sp³-hybridized carbons (Fsp3) is 0.633. The van der Waals surface area contributed by atoms with E-state index in [0.717, 1.165) is 116 Å². The highest BCUT2D eigenvalue weighted by atomic mass is 32.1. The summed E-state index contributed by atoms with van der Waals surface area (Å²) in [7, 11) is 0. The molecule has 2 aromatic rings. The maximum atomic E-state index is 10.6. The summed E-state index contributed by atoms with van der Waals surface area (Å²) < 4.78 is 6.70. The second-order valence-corrected chi connectivity index (χ2v) is 12.3. The van der Waals surface area contributed by atoms with Gasteiger partial charge in [-0.25, -0.2) is 0 Å². The molecular weight excluding hydrogens is 508 g/mol. The highest BCUT2D eigenvalue weighted by Gasteiger charge is 2.41. The minimum absolute atomic E-state index is 0.391. The number of anilines is 3. The zero-order valence-electron chi connectivity index (χ0n) is 23.9. The molecule has 8 nitrogen and oxygen atoms in total. The molecule has 0 spiro atoms. The number of phenols is 1. The highest BCUT2D eigenvalue weighted by Crippen LogP contribution is 2.44. The molecule has 4 aliphatic heterocycles. The van der Waals surface area contributed by atoms with E-state index in [4.69, 9.17) is 26.9 Å². The third-order valence-corrected chi connectivity index (χ3v) is 10.1. The Hall–Kier alpha value is -2.81. The van der Waals surface area contributed by atoms with Gasteiger partial charge in [-0.1, -0.05) is 12.2 Å². The van der Waals surface area contributed by atoms with Gasteiger partial charge in [0, 0.05) is 64.0 Å². The number of aromatic hydroxyl groups is 1. The maximum absolute atomic E-state index is 10.6. The molecule has 4 aliphatic rings. The molecule has 1 atom stereocenters. The number of ether oxygens (including phenoxy) is 1. The molecule has 3 saturated heterocycles. The maximum Gasteiger partial charge on any atom is 0.229 e. The van der Waals surface area contributed by atoms with Crippen LogP contribution in [0.15, 0.2) is 6.07 Å². The smallest absolute Gasteiger partial charge is 0.229 e. The summed E-state index contributed by atoms with van der Waals surface area (Å²) in [5.41, 5.74) is 3.42. The van der Waals surface area contributed by atoms with Gasteiger partial charge < -0.3 is 29.4 Å². The van der Waals surface area contributed by atoms with Gasteiger partial charge in [0.25, 0.3) is 0 Å². The van der Waals surface area contributed by atoms with Crippen LogP contribution in [0, 0.1) is 20.8 Å². The number of hydrogen-bond donors (Lipinski definition) is 1. The number of fused-ring (bicyclic) bond motifs is 1. The normalized spacial score (nSPS) is 23.3. The molecule has 39 heavy (non-hydrogen) atoms. The van der Waals surface area contributed by atoms with Gasteiger partial charge in [0.1, 0.15) is 28.1 Å². The third kappa shape index (κ3) is 4.77. The van der Waals surface area contributed by atoms with Crippen LogP contribution in [-0.2, 0) is 6.42 Å². The monoisotopic (exact) mass is 550 g/mol. The Morgan fingerprint density at radius 3 is 2.00 bits per heavy atom. The van der Waals surface area contributed by atoms with Crippen molar-refractivity contribution >= 4 is 34.8 Å². The molecule has 0 radical (unpaired) electrons. The van der Waals surface area contributed by atoms with Gasteiger partial charge in [-0.05, 0) is 82.9 Å². The summed E-state index contributed by atoms with van der Waals surface area (Å²) in [4.78, 5) is 20.4. The Morgan fingerprint density at radius 2 is 1.38 bits per heavy atom. The summed E-state index contributed by atoms with van der Waals surface area (Å²) in [6.45, 7) is 15.8. The number of hydrogen-bond acceptors (Lipinski definition) is 8. The van der Waals surface area contributed by atoms with E-state index in [1.54, 1.807) is 0 Å². The molecule has 0 amide bonds. The molecule has 6 rings (SSSR count). The molecule has 210 valence electrons. The summed E-state index contributed by atoms with van der Waals surface area (Å²) in [5.74, 6) is 4.30. The lowest BCUT2D eigenvalue weighted by atomic mass is 9.86. The first-order valence-corrected chi connectivity index (χ1v) is 15.1. The molecule has 0 aliphatic carbocycles. The van der Waals surface area contributed by atoms with Crippen molar-refractivity contribution in [3.8, 4) is 11.5 Å². The van der Waals surface area contributed by atoms with Crippen LogP contribution >= 0.6 is 12.2 Å². The van der Waals surface area contributed by atoms with Crippen LogP contribution in [0.5, 0.6) is 11.5 Å². The van der Waals surface area contributed by atoms with Gasteiger partial charge in [0.2, 0.25) is 5.95 Å². The van der Waals surface area contributed by atoms with Gasteiger partial charge in [-0.15, -0.1) is 0 Å². The number of phenolic OH excluding ortho intramolecular Hbond substituents is 1. The van der Waals surface area contributed by atoms with E-state index in [1.165, 1.54) is 25.7 Å². The summed E-state index contributed by atoms with van der Waals surface area (Å²) >= 11 is 6.11.